The van der Waals surface area contributed by atoms with Gasteiger partial charge in [0.1, 0.15) is 0 Å². The second kappa shape index (κ2) is 9.39. The van der Waals surface area contributed by atoms with Gasteiger partial charge in [-0.15, -0.1) is 0 Å². The molecule has 2 aromatic carbocycles. The zero-order chi connectivity index (χ0) is 20.9. The van der Waals surface area contributed by atoms with Crippen molar-refractivity contribution >= 4 is 17.3 Å². The lowest BCUT2D eigenvalue weighted by Crippen LogP contribution is -2.45. The largest absolute Gasteiger partial charge is 0.490 e. The summed E-state index contributed by atoms with van der Waals surface area (Å²) in [6.45, 7) is 7.30. The van der Waals surface area contributed by atoms with Crippen molar-refractivity contribution in [1.29, 1.82) is 0 Å². The molecule has 6 nitrogen and oxygen atoms in total. The first kappa shape index (κ1) is 20.5. The van der Waals surface area contributed by atoms with Crippen molar-refractivity contribution in [2.45, 2.75) is 45.3 Å². The molecule has 0 aromatic heterocycles. The summed E-state index contributed by atoms with van der Waals surface area (Å²) in [7, 11) is 0. The molecule has 4 rings (SSSR count). The number of nitrogens with one attached hydrogen (secondary N) is 1. The van der Waals surface area contributed by atoms with Crippen molar-refractivity contribution in [2.75, 3.05) is 36.5 Å². The van der Waals surface area contributed by atoms with E-state index in [-0.39, 0.29) is 18.1 Å². The number of anilines is 2. The summed E-state index contributed by atoms with van der Waals surface area (Å²) in [6.07, 6.45) is 2.40. The van der Waals surface area contributed by atoms with Gasteiger partial charge in [0.25, 0.3) is 0 Å². The monoisotopic (exact) mass is 410 g/mol. The van der Waals surface area contributed by atoms with Crippen molar-refractivity contribution in [3.05, 3.63) is 48.0 Å². The average molecular weight is 411 g/mol. The third-order valence-electron chi connectivity index (χ3n) is 5.39. The number of carbonyl (C=O) groups excluding carboxylic acids is 1. The smallest absolute Gasteiger partial charge is 0.224 e. The molecule has 0 bridgehead atoms. The van der Waals surface area contributed by atoms with Gasteiger partial charge in [0.15, 0.2) is 11.5 Å². The molecule has 0 spiro atoms. The van der Waals surface area contributed by atoms with Crippen LogP contribution < -0.4 is 19.7 Å². The lowest BCUT2D eigenvalue weighted by atomic mass is 10.1. The third kappa shape index (κ3) is 5.25. The predicted octanol–water partition coefficient (Wildman–Crippen LogP) is 4.03. The number of ether oxygens (including phenoxy) is 3. The minimum atomic E-state index is 0.00322. The Labute approximate surface area is 178 Å². The van der Waals surface area contributed by atoms with E-state index in [1.807, 2.05) is 30.3 Å². The molecule has 2 aliphatic heterocycles. The zero-order valence-electron chi connectivity index (χ0n) is 17.7. The highest BCUT2D eigenvalue weighted by molar-refractivity contribution is 5.91. The molecule has 30 heavy (non-hydrogen) atoms. The van der Waals surface area contributed by atoms with Crippen LogP contribution in [0.3, 0.4) is 0 Å². The van der Waals surface area contributed by atoms with Gasteiger partial charge in [-0.05, 0) is 62.2 Å². The summed E-state index contributed by atoms with van der Waals surface area (Å²) < 4.78 is 17.2. The number of carbonyl (C=O) groups is 1. The second-order valence-electron chi connectivity index (χ2n) is 8.09. The zero-order valence-corrected chi connectivity index (χ0v) is 17.7. The fourth-order valence-electron chi connectivity index (χ4n) is 3.99. The number of amides is 1. The Kier molecular flexibility index (Phi) is 6.43. The van der Waals surface area contributed by atoms with E-state index in [1.165, 1.54) is 0 Å². The van der Waals surface area contributed by atoms with Crippen LogP contribution in [0.25, 0.3) is 0 Å². The Balaban J connectivity index is 1.29. The van der Waals surface area contributed by atoms with E-state index in [4.69, 9.17) is 14.2 Å². The van der Waals surface area contributed by atoms with E-state index in [2.05, 4.69) is 36.2 Å². The first-order valence-electron chi connectivity index (χ1n) is 10.8. The van der Waals surface area contributed by atoms with Gasteiger partial charge in [-0.3, -0.25) is 4.79 Å². The summed E-state index contributed by atoms with van der Waals surface area (Å²) in [6, 6.07) is 14.0. The van der Waals surface area contributed by atoms with Crippen LogP contribution in [0.15, 0.2) is 42.5 Å². The standard InChI is InChI=1S/C24H30N2O4/c1-17-15-26(16-18(2)30-17)21-8-6-20(7-9-21)25-24(27)11-5-19-4-10-22-23(14-19)29-13-3-12-28-22/h4,6-10,14,17-18H,3,5,11-13,15-16H2,1-2H3,(H,25,27). The molecular formula is C24H30N2O4. The minimum Gasteiger partial charge on any atom is -0.490 e. The van der Waals surface area contributed by atoms with Gasteiger partial charge >= 0.3 is 0 Å². The number of benzene rings is 2. The molecular weight excluding hydrogens is 380 g/mol. The Morgan fingerprint density at radius 2 is 1.70 bits per heavy atom. The number of nitrogens with zero attached hydrogens (tertiary/aromatic N) is 1. The number of fused-ring (bicyclic) bond motifs is 1. The van der Waals surface area contributed by atoms with E-state index >= 15 is 0 Å². The van der Waals surface area contributed by atoms with Crippen molar-refractivity contribution in [3.63, 3.8) is 0 Å². The van der Waals surface area contributed by atoms with Gasteiger partial charge in [0.05, 0.1) is 25.4 Å². The van der Waals surface area contributed by atoms with Crippen molar-refractivity contribution in [3.8, 4) is 11.5 Å². The van der Waals surface area contributed by atoms with E-state index in [0.29, 0.717) is 26.1 Å². The Morgan fingerprint density at radius 3 is 2.43 bits per heavy atom. The van der Waals surface area contributed by atoms with Crippen LogP contribution in [0.1, 0.15) is 32.3 Å². The maximum atomic E-state index is 12.4. The number of aryl methyl sites for hydroxylation is 1. The van der Waals surface area contributed by atoms with Gasteiger partial charge in [-0.1, -0.05) is 6.07 Å². The molecule has 0 radical (unpaired) electrons. The summed E-state index contributed by atoms with van der Waals surface area (Å²) in [5, 5.41) is 2.99. The minimum absolute atomic E-state index is 0.00322. The van der Waals surface area contributed by atoms with E-state index in [0.717, 1.165) is 47.9 Å². The third-order valence-corrected chi connectivity index (χ3v) is 5.39. The van der Waals surface area contributed by atoms with Crippen molar-refractivity contribution < 1.29 is 19.0 Å². The Hall–Kier alpha value is -2.73. The Morgan fingerprint density at radius 1 is 1.00 bits per heavy atom. The van der Waals surface area contributed by atoms with Crippen LogP contribution in [-0.4, -0.2) is 44.4 Å². The molecule has 2 unspecified atom stereocenters. The van der Waals surface area contributed by atoms with Crippen LogP contribution in [0.2, 0.25) is 0 Å². The summed E-state index contributed by atoms with van der Waals surface area (Å²) in [4.78, 5) is 14.7. The molecule has 2 aliphatic rings. The van der Waals surface area contributed by atoms with E-state index < -0.39 is 0 Å². The van der Waals surface area contributed by atoms with E-state index in [1.54, 1.807) is 0 Å². The second-order valence-corrected chi connectivity index (χ2v) is 8.09. The predicted molar refractivity (Wildman–Crippen MR) is 118 cm³/mol. The fraction of sp³-hybridized carbons (Fsp3) is 0.458. The molecule has 2 aromatic rings. The van der Waals surface area contributed by atoms with E-state index in [9.17, 15) is 4.79 Å². The first-order valence-corrected chi connectivity index (χ1v) is 10.8. The molecule has 1 fully saturated rings. The summed E-state index contributed by atoms with van der Waals surface area (Å²) in [5.41, 5.74) is 3.04. The summed E-state index contributed by atoms with van der Waals surface area (Å²) >= 11 is 0. The van der Waals surface area contributed by atoms with Crippen LogP contribution in [-0.2, 0) is 16.0 Å². The number of hydrogen-bond acceptors (Lipinski definition) is 5. The number of rotatable bonds is 5. The van der Waals surface area contributed by atoms with Gasteiger partial charge in [-0.25, -0.2) is 0 Å². The highest BCUT2D eigenvalue weighted by atomic mass is 16.5. The van der Waals surface area contributed by atoms with Crippen molar-refractivity contribution in [2.24, 2.45) is 0 Å². The van der Waals surface area contributed by atoms with Crippen LogP contribution in [0.5, 0.6) is 11.5 Å². The summed E-state index contributed by atoms with van der Waals surface area (Å²) in [5.74, 6) is 1.56. The molecule has 1 amide bonds. The molecule has 2 heterocycles. The van der Waals surface area contributed by atoms with Gasteiger partial charge in [0.2, 0.25) is 5.91 Å². The number of hydrogen-bond donors (Lipinski definition) is 1. The van der Waals surface area contributed by atoms with Crippen LogP contribution >= 0.6 is 0 Å². The van der Waals surface area contributed by atoms with Crippen LogP contribution in [0.4, 0.5) is 11.4 Å². The normalized spacial score (nSPS) is 21.1. The topological polar surface area (TPSA) is 60.0 Å². The molecule has 2 atom stereocenters. The average Bonchev–Trinajstić information content (AvgIpc) is 2.97. The quantitative estimate of drug-likeness (QED) is 0.806. The SMILES string of the molecule is CC1CN(c2ccc(NC(=O)CCc3ccc4c(c3)OCCCO4)cc2)CC(C)O1. The van der Waals surface area contributed by atoms with Crippen molar-refractivity contribution in [1.82, 2.24) is 0 Å². The van der Waals surface area contributed by atoms with Gasteiger partial charge < -0.3 is 24.4 Å². The maximum absolute atomic E-state index is 12.4. The lowest BCUT2D eigenvalue weighted by molar-refractivity contribution is -0.116. The van der Waals surface area contributed by atoms with Gasteiger partial charge in [0, 0.05) is 37.3 Å². The highest BCUT2D eigenvalue weighted by Crippen LogP contribution is 2.31. The highest BCUT2D eigenvalue weighted by Gasteiger charge is 2.22. The van der Waals surface area contributed by atoms with Gasteiger partial charge in [-0.2, -0.15) is 0 Å². The molecule has 160 valence electrons. The molecule has 1 saturated heterocycles. The fourth-order valence-corrected chi connectivity index (χ4v) is 3.99. The van der Waals surface area contributed by atoms with Crippen LogP contribution in [0, 0.1) is 0 Å². The molecule has 1 N–H and O–H groups in total. The molecule has 0 saturated carbocycles. The maximum Gasteiger partial charge on any atom is 0.224 e. The molecule has 0 aliphatic carbocycles. The number of morpholine rings is 1. The Bertz CT molecular complexity index is 858. The molecule has 6 heteroatoms. The first-order chi connectivity index (χ1) is 14.6. The lowest BCUT2D eigenvalue weighted by Gasteiger charge is -2.36.